The summed E-state index contributed by atoms with van der Waals surface area (Å²) >= 11 is 6.40. The largest absolute Gasteiger partial charge is 0.506 e. The molecule has 2 rings (SSSR count). The summed E-state index contributed by atoms with van der Waals surface area (Å²) < 4.78 is 6.11. The lowest BCUT2D eigenvalue weighted by Crippen LogP contribution is -1.81. The maximum absolute atomic E-state index is 9.50. The Bertz CT molecular complexity index is 489. The first-order valence-corrected chi connectivity index (χ1v) is 5.44. The Morgan fingerprint density at radius 2 is 1.80 bits per heavy atom. The van der Waals surface area contributed by atoms with E-state index in [2.05, 4.69) is 42.1 Å². The lowest BCUT2D eigenvalue weighted by atomic mass is 10.2. The number of aromatic nitrogens is 2. The molecule has 0 bridgehead atoms. The van der Waals surface area contributed by atoms with Crippen LogP contribution in [0.4, 0.5) is 6.01 Å². The molecule has 0 radical (unpaired) electrons. The second-order valence-electron chi connectivity index (χ2n) is 2.73. The Morgan fingerprint density at radius 3 is 2.27 bits per heavy atom. The van der Waals surface area contributed by atoms with Crippen molar-refractivity contribution in [3.05, 3.63) is 21.1 Å². The second kappa shape index (κ2) is 3.82. The zero-order valence-electron chi connectivity index (χ0n) is 7.24. The third-order valence-corrected chi connectivity index (χ3v) is 2.91. The maximum atomic E-state index is 9.50. The minimum atomic E-state index is 0.00493. The number of hydrogen-bond donors (Lipinski definition) is 2. The van der Waals surface area contributed by atoms with Gasteiger partial charge in [0.1, 0.15) is 5.75 Å². The first kappa shape index (κ1) is 10.4. The Kier molecular flexibility index (Phi) is 2.66. The Morgan fingerprint density at radius 1 is 1.20 bits per heavy atom. The fraction of sp³-hybridized carbons (Fsp3) is 0. The lowest BCUT2D eigenvalue weighted by Gasteiger charge is -2.02. The van der Waals surface area contributed by atoms with Crippen molar-refractivity contribution in [2.75, 3.05) is 5.73 Å². The molecule has 7 heteroatoms. The molecule has 1 aromatic carbocycles. The van der Waals surface area contributed by atoms with Crippen LogP contribution in [-0.2, 0) is 0 Å². The predicted octanol–water partition coefficient (Wildman–Crippen LogP) is 2.55. The van der Waals surface area contributed by atoms with Gasteiger partial charge in [0.25, 0.3) is 0 Å². The van der Waals surface area contributed by atoms with Crippen molar-refractivity contribution in [2.24, 2.45) is 0 Å². The van der Waals surface area contributed by atoms with E-state index in [1.807, 2.05) is 0 Å². The van der Waals surface area contributed by atoms with Crippen LogP contribution < -0.4 is 5.73 Å². The number of phenolic OH excluding ortho intramolecular Hbond substituents is 1. The monoisotopic (exact) mass is 333 g/mol. The fourth-order valence-electron chi connectivity index (χ4n) is 1.04. The molecular weight excluding hydrogens is 330 g/mol. The van der Waals surface area contributed by atoms with Gasteiger partial charge in [0, 0.05) is 5.56 Å². The van der Waals surface area contributed by atoms with Crippen molar-refractivity contribution in [3.8, 4) is 17.2 Å². The van der Waals surface area contributed by atoms with E-state index in [1.165, 1.54) is 0 Å². The Balaban J connectivity index is 2.55. The predicted molar refractivity (Wildman–Crippen MR) is 61.2 cm³/mol. The topological polar surface area (TPSA) is 85.2 Å². The normalized spacial score (nSPS) is 10.5. The molecule has 3 N–H and O–H groups in total. The van der Waals surface area contributed by atoms with Crippen LogP contribution in [0.1, 0.15) is 0 Å². The van der Waals surface area contributed by atoms with E-state index in [0.717, 1.165) is 0 Å². The van der Waals surface area contributed by atoms with Crippen molar-refractivity contribution >= 4 is 37.9 Å². The number of nitrogen functional groups attached to an aromatic ring is 1. The molecule has 1 heterocycles. The fourth-order valence-corrected chi connectivity index (χ4v) is 2.23. The molecule has 0 saturated carbocycles. The van der Waals surface area contributed by atoms with Gasteiger partial charge in [-0.2, -0.15) is 0 Å². The summed E-state index contributed by atoms with van der Waals surface area (Å²) in [6, 6.07) is 3.32. The number of anilines is 1. The second-order valence-corrected chi connectivity index (χ2v) is 4.44. The zero-order valence-corrected chi connectivity index (χ0v) is 10.4. The van der Waals surface area contributed by atoms with Gasteiger partial charge in [0.15, 0.2) is 0 Å². The molecule has 0 saturated heterocycles. The van der Waals surface area contributed by atoms with Crippen molar-refractivity contribution < 1.29 is 9.52 Å². The van der Waals surface area contributed by atoms with Gasteiger partial charge in [-0.3, -0.25) is 0 Å². The minimum Gasteiger partial charge on any atom is -0.506 e. The quantitative estimate of drug-likeness (QED) is 0.837. The van der Waals surface area contributed by atoms with E-state index >= 15 is 0 Å². The number of phenols is 1. The Hall–Kier alpha value is -1.08. The van der Waals surface area contributed by atoms with Crippen LogP contribution in [0.3, 0.4) is 0 Å². The van der Waals surface area contributed by atoms with Gasteiger partial charge in [-0.25, -0.2) is 0 Å². The highest BCUT2D eigenvalue weighted by Crippen LogP contribution is 2.36. The number of aromatic hydroxyl groups is 1. The molecule has 0 atom stereocenters. The van der Waals surface area contributed by atoms with E-state index in [4.69, 9.17) is 10.2 Å². The highest BCUT2D eigenvalue weighted by molar-refractivity contribution is 9.11. The number of hydrogen-bond acceptors (Lipinski definition) is 5. The lowest BCUT2D eigenvalue weighted by molar-refractivity contribution is 0.468. The summed E-state index contributed by atoms with van der Waals surface area (Å²) in [6.45, 7) is 0. The van der Waals surface area contributed by atoms with Crippen LogP contribution in [0.15, 0.2) is 25.5 Å². The van der Waals surface area contributed by atoms with Gasteiger partial charge in [-0.05, 0) is 44.0 Å². The molecule has 0 fully saturated rings. The van der Waals surface area contributed by atoms with E-state index in [1.54, 1.807) is 12.1 Å². The number of benzene rings is 1. The van der Waals surface area contributed by atoms with Gasteiger partial charge in [-0.1, -0.05) is 5.10 Å². The molecule has 5 nitrogen and oxygen atoms in total. The average molecular weight is 335 g/mol. The van der Waals surface area contributed by atoms with Crippen LogP contribution >= 0.6 is 31.9 Å². The van der Waals surface area contributed by atoms with E-state index in [0.29, 0.717) is 20.4 Å². The summed E-state index contributed by atoms with van der Waals surface area (Å²) in [5.74, 6) is 0.417. The van der Waals surface area contributed by atoms with Gasteiger partial charge >= 0.3 is 6.01 Å². The Labute approximate surface area is 102 Å². The first-order valence-electron chi connectivity index (χ1n) is 3.85. The van der Waals surface area contributed by atoms with E-state index in [-0.39, 0.29) is 11.8 Å². The summed E-state index contributed by atoms with van der Waals surface area (Å²) in [5, 5.41) is 16.8. The van der Waals surface area contributed by atoms with Crippen LogP contribution in [0.25, 0.3) is 11.5 Å². The summed E-state index contributed by atoms with van der Waals surface area (Å²) in [7, 11) is 0. The maximum Gasteiger partial charge on any atom is 0.313 e. The van der Waals surface area contributed by atoms with E-state index in [9.17, 15) is 5.11 Å². The molecular formula is C8H5Br2N3O2. The van der Waals surface area contributed by atoms with Gasteiger partial charge < -0.3 is 15.3 Å². The van der Waals surface area contributed by atoms with Crippen LogP contribution in [0.2, 0.25) is 0 Å². The molecule has 0 aliphatic rings. The van der Waals surface area contributed by atoms with Crippen molar-refractivity contribution in [1.82, 2.24) is 10.2 Å². The van der Waals surface area contributed by atoms with Crippen molar-refractivity contribution in [1.29, 1.82) is 0 Å². The number of halogens is 2. The van der Waals surface area contributed by atoms with Gasteiger partial charge in [0.2, 0.25) is 5.89 Å². The van der Waals surface area contributed by atoms with Crippen molar-refractivity contribution in [3.63, 3.8) is 0 Å². The number of rotatable bonds is 1. The highest BCUT2D eigenvalue weighted by atomic mass is 79.9. The summed E-state index contributed by atoms with van der Waals surface area (Å²) in [5.41, 5.74) is 5.97. The smallest absolute Gasteiger partial charge is 0.313 e. The molecule has 0 aliphatic heterocycles. The first-order chi connectivity index (χ1) is 7.08. The third-order valence-electron chi connectivity index (χ3n) is 1.70. The number of nitrogens with zero attached hydrogens (tertiary/aromatic N) is 2. The van der Waals surface area contributed by atoms with E-state index < -0.39 is 0 Å². The molecule has 2 aromatic rings. The SMILES string of the molecule is Nc1nnc(-c2cc(Br)c(O)c(Br)c2)o1. The molecule has 0 spiro atoms. The average Bonchev–Trinajstić information content (AvgIpc) is 2.60. The summed E-state index contributed by atoms with van der Waals surface area (Å²) in [6.07, 6.45) is 0. The van der Waals surface area contributed by atoms with Crippen LogP contribution in [0, 0.1) is 0 Å². The van der Waals surface area contributed by atoms with Crippen LogP contribution in [0.5, 0.6) is 5.75 Å². The van der Waals surface area contributed by atoms with Gasteiger partial charge in [0.05, 0.1) is 8.95 Å². The molecule has 0 aliphatic carbocycles. The van der Waals surface area contributed by atoms with Gasteiger partial charge in [-0.15, -0.1) is 5.10 Å². The molecule has 0 amide bonds. The van der Waals surface area contributed by atoms with Crippen molar-refractivity contribution in [2.45, 2.75) is 0 Å². The molecule has 1 aromatic heterocycles. The highest BCUT2D eigenvalue weighted by Gasteiger charge is 2.11. The number of nitrogens with two attached hydrogens (primary N) is 1. The third kappa shape index (κ3) is 1.98. The zero-order chi connectivity index (χ0) is 11.0. The minimum absolute atomic E-state index is 0.00493. The molecule has 0 unspecified atom stereocenters. The molecule has 78 valence electrons. The summed E-state index contributed by atoms with van der Waals surface area (Å²) in [4.78, 5) is 0. The standard InChI is InChI=1S/C8H5Br2N3O2/c9-4-1-3(2-5(10)6(4)14)7-12-13-8(11)15-7/h1-2,14H,(H2,11,13). The molecule has 15 heavy (non-hydrogen) atoms. The van der Waals surface area contributed by atoms with Crippen LogP contribution in [-0.4, -0.2) is 15.3 Å².